The number of fused-ring (bicyclic) bond motifs is 1. The molecule has 1 N–H and O–H groups in total. The van der Waals surface area contributed by atoms with Gasteiger partial charge in [0, 0.05) is 31.5 Å². The molecule has 0 radical (unpaired) electrons. The summed E-state index contributed by atoms with van der Waals surface area (Å²) in [6.45, 7) is 5.83. The molecular weight excluding hydrogens is 416 g/mol. The lowest BCUT2D eigenvalue weighted by Crippen LogP contribution is -2.50. The van der Waals surface area contributed by atoms with Crippen LogP contribution in [0.15, 0.2) is 29.2 Å². The van der Waals surface area contributed by atoms with Crippen molar-refractivity contribution < 1.29 is 23.1 Å². The molecule has 0 spiro atoms. The molecular formula is C23H34N2O5S. The number of amides is 1. The zero-order valence-electron chi connectivity index (χ0n) is 18.8. The van der Waals surface area contributed by atoms with Crippen LogP contribution in [0.5, 0.6) is 5.75 Å². The maximum atomic E-state index is 13.4. The second kappa shape index (κ2) is 9.71. The van der Waals surface area contributed by atoms with Crippen LogP contribution >= 0.6 is 0 Å². The number of carbonyl (C=O) groups excluding carboxylic acids is 1. The van der Waals surface area contributed by atoms with Gasteiger partial charge in [-0.15, -0.1) is 0 Å². The number of hydrogen-bond acceptors (Lipinski definition) is 5. The standard InChI is InChI=1S/C23H34N2O5S/c1-5-7-18-10-11-22-20(12-18)30-21(14-24(4)23(27)19-8-6-9-19)16(2)13-25(17(3)15-26)31(22,28)29/h5,7,10-12,16-17,19,21,26H,6,8-9,13-15H2,1-4H3/b7-5+/t16-,17+,21-/m1/s1. The Morgan fingerprint density at radius 1 is 1.39 bits per heavy atom. The molecule has 1 heterocycles. The average Bonchev–Trinajstić information content (AvgIpc) is 2.68. The number of hydrogen-bond donors (Lipinski definition) is 1. The van der Waals surface area contributed by atoms with Crippen molar-refractivity contribution in [2.24, 2.45) is 11.8 Å². The number of ether oxygens (including phenoxy) is 1. The summed E-state index contributed by atoms with van der Waals surface area (Å²) in [7, 11) is -2.06. The summed E-state index contributed by atoms with van der Waals surface area (Å²) < 4.78 is 34.5. The fourth-order valence-electron chi connectivity index (χ4n) is 4.08. The predicted molar refractivity (Wildman–Crippen MR) is 120 cm³/mol. The van der Waals surface area contributed by atoms with Crippen LogP contribution in [0.25, 0.3) is 6.08 Å². The summed E-state index contributed by atoms with van der Waals surface area (Å²) in [6.07, 6.45) is 6.34. The highest BCUT2D eigenvalue weighted by molar-refractivity contribution is 7.89. The first-order valence-corrected chi connectivity index (χ1v) is 12.4. The highest BCUT2D eigenvalue weighted by Crippen LogP contribution is 2.35. The molecule has 3 atom stereocenters. The van der Waals surface area contributed by atoms with Crippen LogP contribution in [-0.2, 0) is 14.8 Å². The summed E-state index contributed by atoms with van der Waals surface area (Å²) in [5, 5.41) is 9.71. The van der Waals surface area contributed by atoms with Gasteiger partial charge in [-0.1, -0.05) is 31.6 Å². The van der Waals surface area contributed by atoms with Crippen molar-refractivity contribution in [1.29, 1.82) is 0 Å². The van der Waals surface area contributed by atoms with Crippen molar-refractivity contribution in [3.05, 3.63) is 29.8 Å². The molecule has 0 aromatic heterocycles. The molecule has 31 heavy (non-hydrogen) atoms. The second-order valence-corrected chi connectivity index (χ2v) is 10.7. The lowest BCUT2D eigenvalue weighted by atomic mass is 9.84. The van der Waals surface area contributed by atoms with E-state index < -0.39 is 16.1 Å². The Bertz CT molecular complexity index is 926. The van der Waals surface area contributed by atoms with Gasteiger partial charge in [-0.05, 0) is 44.4 Å². The lowest BCUT2D eigenvalue weighted by molar-refractivity contribution is -0.138. The topological polar surface area (TPSA) is 87.2 Å². The number of rotatable bonds is 6. The van der Waals surface area contributed by atoms with Crippen LogP contribution in [0.1, 0.15) is 45.6 Å². The highest BCUT2D eigenvalue weighted by atomic mass is 32.2. The van der Waals surface area contributed by atoms with Crippen molar-refractivity contribution >= 4 is 22.0 Å². The van der Waals surface area contributed by atoms with Gasteiger partial charge in [-0.2, -0.15) is 4.31 Å². The minimum absolute atomic E-state index is 0.0888. The quantitative estimate of drug-likeness (QED) is 0.720. The lowest BCUT2D eigenvalue weighted by Gasteiger charge is -2.38. The number of allylic oxidation sites excluding steroid dienone is 1. The van der Waals surface area contributed by atoms with E-state index in [0.29, 0.717) is 6.54 Å². The van der Waals surface area contributed by atoms with Gasteiger partial charge in [0.15, 0.2) is 0 Å². The molecule has 1 saturated carbocycles. The number of carbonyl (C=O) groups is 1. The van der Waals surface area contributed by atoms with Gasteiger partial charge < -0.3 is 14.7 Å². The Morgan fingerprint density at radius 3 is 2.68 bits per heavy atom. The van der Waals surface area contributed by atoms with Crippen molar-refractivity contribution in [3.63, 3.8) is 0 Å². The van der Waals surface area contributed by atoms with Gasteiger partial charge in [-0.25, -0.2) is 8.42 Å². The minimum atomic E-state index is -3.85. The van der Waals surface area contributed by atoms with Gasteiger partial charge in [0.1, 0.15) is 16.7 Å². The van der Waals surface area contributed by atoms with E-state index >= 15 is 0 Å². The summed E-state index contributed by atoms with van der Waals surface area (Å²) in [6, 6.07) is 4.47. The number of nitrogens with zero attached hydrogens (tertiary/aromatic N) is 2. The molecule has 1 amide bonds. The van der Waals surface area contributed by atoms with Crippen molar-refractivity contribution in [3.8, 4) is 5.75 Å². The third-order valence-corrected chi connectivity index (χ3v) is 8.35. The molecule has 1 aliphatic heterocycles. The molecule has 3 rings (SSSR count). The number of benzene rings is 1. The Balaban J connectivity index is 1.99. The normalized spacial score (nSPS) is 25.1. The van der Waals surface area contributed by atoms with Gasteiger partial charge in [0.2, 0.25) is 15.9 Å². The Hall–Kier alpha value is -1.90. The van der Waals surface area contributed by atoms with E-state index in [2.05, 4.69) is 0 Å². The van der Waals surface area contributed by atoms with Gasteiger partial charge in [0.05, 0.1) is 13.2 Å². The minimum Gasteiger partial charge on any atom is -0.487 e. The highest BCUT2D eigenvalue weighted by Gasteiger charge is 2.39. The fraction of sp³-hybridized carbons (Fsp3) is 0.609. The average molecular weight is 451 g/mol. The maximum absolute atomic E-state index is 13.4. The number of sulfonamides is 1. The predicted octanol–water partition coefficient (Wildman–Crippen LogP) is 2.75. The van der Waals surface area contributed by atoms with E-state index in [-0.39, 0.29) is 47.6 Å². The molecule has 0 bridgehead atoms. The first kappa shape index (κ1) is 23.8. The summed E-state index contributed by atoms with van der Waals surface area (Å²) in [5.74, 6) is 0.319. The molecule has 1 aromatic carbocycles. The largest absolute Gasteiger partial charge is 0.487 e. The molecule has 1 aromatic rings. The number of aliphatic hydroxyl groups excluding tert-OH is 1. The van der Waals surface area contributed by atoms with E-state index in [1.165, 1.54) is 4.31 Å². The first-order valence-electron chi connectivity index (χ1n) is 11.0. The van der Waals surface area contributed by atoms with Crippen LogP contribution in [0.3, 0.4) is 0 Å². The van der Waals surface area contributed by atoms with E-state index in [0.717, 1.165) is 24.8 Å². The third kappa shape index (κ3) is 4.96. The zero-order valence-corrected chi connectivity index (χ0v) is 19.6. The monoisotopic (exact) mass is 450 g/mol. The molecule has 8 heteroatoms. The Kier molecular flexibility index (Phi) is 7.44. The Labute approximate surface area is 185 Å². The third-order valence-electron chi connectivity index (χ3n) is 6.33. The van der Waals surface area contributed by atoms with Crippen LogP contribution in [0.4, 0.5) is 0 Å². The zero-order chi connectivity index (χ0) is 22.8. The molecule has 7 nitrogen and oxygen atoms in total. The first-order chi connectivity index (χ1) is 14.7. The van der Waals surface area contributed by atoms with E-state index in [9.17, 15) is 18.3 Å². The van der Waals surface area contributed by atoms with Crippen LogP contribution in [-0.4, -0.2) is 67.5 Å². The van der Waals surface area contributed by atoms with E-state index in [1.807, 2.05) is 26.0 Å². The van der Waals surface area contributed by atoms with Gasteiger partial charge in [0.25, 0.3) is 0 Å². The molecule has 1 fully saturated rings. The summed E-state index contributed by atoms with van der Waals surface area (Å²) in [4.78, 5) is 14.5. The molecule has 0 saturated heterocycles. The summed E-state index contributed by atoms with van der Waals surface area (Å²) >= 11 is 0. The second-order valence-electron chi connectivity index (χ2n) is 8.79. The van der Waals surface area contributed by atoms with Crippen LogP contribution in [0.2, 0.25) is 0 Å². The SMILES string of the molecule is C/C=C/c1ccc2c(c1)O[C@H](CN(C)C(=O)C1CCC1)[C@H](C)CN([C@@H](C)CO)S2(=O)=O. The molecule has 1 aliphatic carbocycles. The van der Waals surface area contributed by atoms with Gasteiger partial charge in [-0.3, -0.25) is 4.79 Å². The number of likely N-dealkylation sites (N-methyl/N-ethyl adjacent to an activating group) is 1. The van der Waals surface area contributed by atoms with E-state index in [1.54, 1.807) is 37.1 Å². The smallest absolute Gasteiger partial charge is 0.247 e. The van der Waals surface area contributed by atoms with Gasteiger partial charge >= 0.3 is 0 Å². The van der Waals surface area contributed by atoms with Crippen LogP contribution in [0, 0.1) is 11.8 Å². The van der Waals surface area contributed by atoms with Crippen molar-refractivity contribution in [2.45, 2.75) is 57.1 Å². The van der Waals surface area contributed by atoms with E-state index in [4.69, 9.17) is 4.74 Å². The fourth-order valence-corrected chi connectivity index (χ4v) is 5.91. The molecule has 172 valence electrons. The maximum Gasteiger partial charge on any atom is 0.247 e. The number of aliphatic hydroxyl groups is 1. The van der Waals surface area contributed by atoms with Crippen molar-refractivity contribution in [1.82, 2.24) is 9.21 Å². The Morgan fingerprint density at radius 2 is 2.10 bits per heavy atom. The molecule has 2 aliphatic rings. The molecule has 0 unspecified atom stereocenters. The van der Waals surface area contributed by atoms with Crippen molar-refractivity contribution in [2.75, 3.05) is 26.7 Å². The van der Waals surface area contributed by atoms with Crippen LogP contribution < -0.4 is 4.74 Å². The summed E-state index contributed by atoms with van der Waals surface area (Å²) in [5.41, 5.74) is 0.837.